The average Bonchev–Trinajstić information content (AvgIpc) is 3.32. The van der Waals surface area contributed by atoms with Gasteiger partial charge in [-0.05, 0) is 55.0 Å². The molecule has 1 amide bonds. The normalized spacial score (nSPS) is 11.1. The van der Waals surface area contributed by atoms with E-state index >= 15 is 0 Å². The third kappa shape index (κ3) is 5.97. The van der Waals surface area contributed by atoms with Crippen LogP contribution in [0.3, 0.4) is 0 Å². The number of benzene rings is 3. The molecule has 0 aliphatic carbocycles. The van der Waals surface area contributed by atoms with E-state index in [1.807, 2.05) is 91.1 Å². The van der Waals surface area contributed by atoms with E-state index in [0.717, 1.165) is 16.8 Å². The van der Waals surface area contributed by atoms with Crippen LogP contribution in [0.15, 0.2) is 90.6 Å². The molecule has 0 saturated heterocycles. The number of ether oxygens (including phenoxy) is 1. The molecular weight excluding hydrogens is 460 g/mol. The molecule has 0 saturated carbocycles. The fourth-order valence-corrected chi connectivity index (χ4v) is 3.60. The van der Waals surface area contributed by atoms with Gasteiger partial charge in [-0.25, -0.2) is 4.68 Å². The van der Waals surface area contributed by atoms with E-state index in [4.69, 9.17) is 21.4 Å². The third-order valence-corrected chi connectivity index (χ3v) is 5.44. The first-order valence-corrected chi connectivity index (χ1v) is 11.5. The number of hydrogen-bond donors (Lipinski definition) is 1. The van der Waals surface area contributed by atoms with Crippen molar-refractivity contribution in [2.24, 2.45) is 0 Å². The molecular formula is C28H23ClN4O2. The maximum Gasteiger partial charge on any atom is 0.261 e. The first-order chi connectivity index (χ1) is 17.1. The Hall–Kier alpha value is -4.34. The van der Waals surface area contributed by atoms with Gasteiger partial charge in [0.1, 0.15) is 29.7 Å². The minimum Gasteiger partial charge on any atom is -0.489 e. The lowest BCUT2D eigenvalue weighted by atomic mass is 10.1. The molecule has 0 spiro atoms. The average molecular weight is 483 g/mol. The Morgan fingerprint density at radius 2 is 1.89 bits per heavy atom. The molecule has 6 nitrogen and oxygen atoms in total. The number of nitriles is 1. The quantitative estimate of drug-likeness (QED) is 0.253. The Bertz CT molecular complexity index is 1390. The Labute approximate surface area is 209 Å². The van der Waals surface area contributed by atoms with Crippen molar-refractivity contribution in [1.82, 2.24) is 15.1 Å². The van der Waals surface area contributed by atoms with E-state index < -0.39 is 5.91 Å². The summed E-state index contributed by atoms with van der Waals surface area (Å²) in [4.78, 5) is 12.3. The van der Waals surface area contributed by atoms with Crippen molar-refractivity contribution in [3.05, 3.63) is 107 Å². The number of nitrogens with one attached hydrogen (secondary N) is 1. The summed E-state index contributed by atoms with van der Waals surface area (Å²) in [5.41, 5.74) is 3.94. The Morgan fingerprint density at radius 3 is 2.60 bits per heavy atom. The molecule has 7 heteroatoms. The van der Waals surface area contributed by atoms with E-state index in [2.05, 4.69) is 5.32 Å². The number of nitrogens with zero attached hydrogens (tertiary/aromatic N) is 3. The molecule has 4 rings (SSSR count). The molecule has 0 fully saturated rings. The summed E-state index contributed by atoms with van der Waals surface area (Å²) < 4.78 is 7.72. The monoisotopic (exact) mass is 482 g/mol. The van der Waals surface area contributed by atoms with Gasteiger partial charge in [0, 0.05) is 28.9 Å². The van der Waals surface area contributed by atoms with E-state index in [1.54, 1.807) is 17.7 Å². The Kier molecular flexibility index (Phi) is 7.61. The third-order valence-electron chi connectivity index (χ3n) is 5.19. The molecule has 1 N–H and O–H groups in total. The molecule has 0 bridgehead atoms. The highest BCUT2D eigenvalue weighted by Gasteiger charge is 2.15. The lowest BCUT2D eigenvalue weighted by Crippen LogP contribution is -2.23. The van der Waals surface area contributed by atoms with Gasteiger partial charge in [0.15, 0.2) is 0 Å². The van der Waals surface area contributed by atoms with Crippen molar-refractivity contribution in [2.45, 2.75) is 13.5 Å². The van der Waals surface area contributed by atoms with Crippen molar-refractivity contribution in [3.63, 3.8) is 0 Å². The Balaban J connectivity index is 1.70. The predicted molar refractivity (Wildman–Crippen MR) is 137 cm³/mol. The van der Waals surface area contributed by atoms with Crippen LogP contribution in [0.2, 0.25) is 5.02 Å². The molecule has 0 unspecified atom stereocenters. The van der Waals surface area contributed by atoms with Crippen LogP contribution in [0.1, 0.15) is 18.1 Å². The van der Waals surface area contributed by atoms with E-state index in [9.17, 15) is 10.1 Å². The summed E-state index contributed by atoms with van der Waals surface area (Å²) >= 11 is 5.96. The molecule has 0 aliphatic heterocycles. The zero-order valence-corrected chi connectivity index (χ0v) is 19.9. The summed E-state index contributed by atoms with van der Waals surface area (Å²) in [6.07, 6.45) is 3.37. The first kappa shape index (κ1) is 23.8. The second kappa shape index (κ2) is 11.2. The number of rotatable bonds is 8. The second-order valence-electron chi connectivity index (χ2n) is 7.69. The fourth-order valence-electron chi connectivity index (χ4n) is 3.47. The Morgan fingerprint density at radius 1 is 1.11 bits per heavy atom. The number of hydrogen-bond acceptors (Lipinski definition) is 4. The topological polar surface area (TPSA) is 79.9 Å². The number of aromatic nitrogens is 2. The van der Waals surface area contributed by atoms with Crippen LogP contribution in [0.4, 0.5) is 0 Å². The number of likely N-dealkylation sites (N-methyl/N-ethyl adjacent to an activating group) is 1. The van der Waals surface area contributed by atoms with Crippen LogP contribution in [0.25, 0.3) is 23.0 Å². The highest BCUT2D eigenvalue weighted by atomic mass is 35.5. The van der Waals surface area contributed by atoms with E-state index in [-0.39, 0.29) is 5.57 Å². The summed E-state index contributed by atoms with van der Waals surface area (Å²) in [5.74, 6) is 0.249. The highest BCUT2D eigenvalue weighted by molar-refractivity contribution is 6.30. The number of para-hydroxylation sites is 1. The van der Waals surface area contributed by atoms with Crippen molar-refractivity contribution < 1.29 is 9.53 Å². The van der Waals surface area contributed by atoms with Gasteiger partial charge in [-0.2, -0.15) is 10.4 Å². The SMILES string of the molecule is CCNC(=O)C(C#N)=Cc1cn(-c2ccccc2)nc1-c1cccc(OCc2ccc(Cl)cc2)c1. The van der Waals surface area contributed by atoms with Gasteiger partial charge in [0.2, 0.25) is 0 Å². The van der Waals surface area contributed by atoms with Crippen LogP contribution in [0.5, 0.6) is 5.75 Å². The molecule has 3 aromatic carbocycles. The van der Waals surface area contributed by atoms with Crippen molar-refractivity contribution in [1.29, 1.82) is 5.26 Å². The van der Waals surface area contributed by atoms with Gasteiger partial charge >= 0.3 is 0 Å². The molecule has 35 heavy (non-hydrogen) atoms. The van der Waals surface area contributed by atoms with Gasteiger partial charge in [0.05, 0.1) is 5.69 Å². The lowest BCUT2D eigenvalue weighted by molar-refractivity contribution is -0.116. The van der Waals surface area contributed by atoms with Gasteiger partial charge in [-0.1, -0.05) is 54.1 Å². The van der Waals surface area contributed by atoms with Crippen LogP contribution in [0, 0.1) is 11.3 Å². The van der Waals surface area contributed by atoms with Crippen molar-refractivity contribution >= 4 is 23.6 Å². The predicted octanol–water partition coefficient (Wildman–Crippen LogP) is 5.81. The minimum absolute atomic E-state index is 0.0101. The van der Waals surface area contributed by atoms with Gasteiger partial charge in [-0.15, -0.1) is 0 Å². The molecule has 1 aromatic heterocycles. The fraction of sp³-hybridized carbons (Fsp3) is 0.107. The van der Waals surface area contributed by atoms with Gasteiger partial charge in [-0.3, -0.25) is 4.79 Å². The molecule has 174 valence electrons. The first-order valence-electron chi connectivity index (χ1n) is 11.1. The number of carbonyl (C=O) groups is 1. The number of carbonyl (C=O) groups excluding carboxylic acids is 1. The minimum atomic E-state index is -0.423. The zero-order chi connectivity index (χ0) is 24.6. The largest absolute Gasteiger partial charge is 0.489 e. The van der Waals surface area contributed by atoms with Crippen LogP contribution in [-0.4, -0.2) is 22.2 Å². The maximum atomic E-state index is 12.3. The second-order valence-corrected chi connectivity index (χ2v) is 8.12. The highest BCUT2D eigenvalue weighted by Crippen LogP contribution is 2.29. The van der Waals surface area contributed by atoms with Gasteiger partial charge in [0.25, 0.3) is 5.91 Å². The summed E-state index contributed by atoms with van der Waals surface area (Å²) in [5, 5.41) is 17.7. The smallest absolute Gasteiger partial charge is 0.261 e. The number of amides is 1. The van der Waals surface area contributed by atoms with Gasteiger partial charge < -0.3 is 10.1 Å². The summed E-state index contributed by atoms with van der Waals surface area (Å²) in [6.45, 7) is 2.63. The van der Waals surface area contributed by atoms with Crippen molar-refractivity contribution in [3.8, 4) is 28.8 Å². The maximum absolute atomic E-state index is 12.3. The molecule has 4 aromatic rings. The molecule has 0 atom stereocenters. The lowest BCUT2D eigenvalue weighted by Gasteiger charge is -2.08. The zero-order valence-electron chi connectivity index (χ0n) is 19.1. The molecule has 1 heterocycles. The summed E-state index contributed by atoms with van der Waals surface area (Å²) in [6, 6.07) is 26.7. The van der Waals surface area contributed by atoms with Crippen LogP contribution >= 0.6 is 11.6 Å². The van der Waals surface area contributed by atoms with E-state index in [1.165, 1.54) is 0 Å². The summed E-state index contributed by atoms with van der Waals surface area (Å²) in [7, 11) is 0. The van der Waals surface area contributed by atoms with Crippen molar-refractivity contribution in [2.75, 3.05) is 6.54 Å². The molecule has 0 aliphatic rings. The standard InChI is InChI=1S/C28H23ClN4O2/c1-2-31-28(34)22(17-30)15-23-18-33(25-8-4-3-5-9-25)32-27(23)21-7-6-10-26(16-21)35-19-20-11-13-24(29)14-12-20/h3-16,18H,2,19H2,1H3,(H,31,34). The molecule has 0 radical (unpaired) electrons. The van der Waals surface area contributed by atoms with Crippen LogP contribution in [-0.2, 0) is 11.4 Å². The van der Waals surface area contributed by atoms with Crippen LogP contribution < -0.4 is 10.1 Å². The van der Waals surface area contributed by atoms with E-state index in [0.29, 0.717) is 35.2 Å². The number of halogens is 1.